The lowest BCUT2D eigenvalue weighted by molar-refractivity contribution is 0.305. The molecular weight excluding hydrogens is 293 g/mol. The molecule has 20 heavy (non-hydrogen) atoms. The topological polar surface area (TPSA) is 21.3 Å². The molecule has 0 saturated heterocycles. The zero-order valence-corrected chi connectivity index (χ0v) is 12.8. The Kier molecular flexibility index (Phi) is 5.72. The second-order valence-electron chi connectivity index (χ2n) is 4.52. The number of ether oxygens (including phenoxy) is 1. The van der Waals surface area contributed by atoms with Gasteiger partial charge in [-0.1, -0.05) is 47.5 Å². The van der Waals surface area contributed by atoms with Gasteiger partial charge in [-0.2, -0.15) is 0 Å². The summed E-state index contributed by atoms with van der Waals surface area (Å²) in [7, 11) is 1.95. The third-order valence-corrected chi connectivity index (χ3v) is 3.43. The van der Waals surface area contributed by atoms with Crippen molar-refractivity contribution in [3.05, 3.63) is 63.6 Å². The Morgan fingerprint density at radius 1 is 1.00 bits per heavy atom. The summed E-state index contributed by atoms with van der Waals surface area (Å²) < 4.78 is 5.79. The Balaban J connectivity index is 2.06. The molecule has 0 saturated carbocycles. The summed E-state index contributed by atoms with van der Waals surface area (Å²) in [6, 6.07) is 13.5. The van der Waals surface area contributed by atoms with E-state index < -0.39 is 0 Å². The highest BCUT2D eigenvalue weighted by Gasteiger charge is 2.04. The molecule has 0 aliphatic carbocycles. The van der Waals surface area contributed by atoms with Gasteiger partial charge in [0.25, 0.3) is 0 Å². The van der Waals surface area contributed by atoms with Crippen LogP contribution < -0.4 is 10.1 Å². The first-order chi connectivity index (χ1) is 9.69. The van der Waals surface area contributed by atoms with Crippen LogP contribution in [0, 0.1) is 0 Å². The molecule has 0 atom stereocenters. The maximum absolute atomic E-state index is 5.96. The summed E-state index contributed by atoms with van der Waals surface area (Å²) in [5, 5.41) is 4.32. The lowest BCUT2D eigenvalue weighted by Crippen LogP contribution is -2.12. The van der Waals surface area contributed by atoms with E-state index in [0.717, 1.165) is 13.0 Å². The summed E-state index contributed by atoms with van der Waals surface area (Å²) in [5.41, 5.74) is 2.47. The predicted molar refractivity (Wildman–Crippen MR) is 84.9 cm³/mol. The first kappa shape index (κ1) is 15.2. The molecule has 2 nitrogen and oxygen atoms in total. The van der Waals surface area contributed by atoms with Gasteiger partial charge in [-0.15, -0.1) is 0 Å². The van der Waals surface area contributed by atoms with Gasteiger partial charge in [0.15, 0.2) is 0 Å². The van der Waals surface area contributed by atoms with E-state index in [1.807, 2.05) is 19.2 Å². The Labute approximate surface area is 129 Å². The first-order valence-electron chi connectivity index (χ1n) is 6.49. The second-order valence-corrected chi connectivity index (χ2v) is 5.39. The van der Waals surface area contributed by atoms with Crippen LogP contribution in [-0.4, -0.2) is 13.6 Å². The van der Waals surface area contributed by atoms with Gasteiger partial charge in [-0.25, -0.2) is 0 Å². The van der Waals surface area contributed by atoms with Gasteiger partial charge in [-0.05, 0) is 49.3 Å². The summed E-state index contributed by atoms with van der Waals surface area (Å²) in [6.07, 6.45) is 0.979. The van der Waals surface area contributed by atoms with Gasteiger partial charge in [0.05, 0.1) is 0 Å². The fraction of sp³-hybridized carbons (Fsp3) is 0.250. The van der Waals surface area contributed by atoms with Crippen molar-refractivity contribution >= 4 is 23.2 Å². The highest BCUT2D eigenvalue weighted by atomic mass is 35.5. The molecule has 0 fully saturated rings. The molecule has 0 aliphatic heterocycles. The minimum atomic E-state index is 0.510. The third-order valence-electron chi connectivity index (χ3n) is 2.99. The van der Waals surface area contributed by atoms with E-state index >= 15 is 0 Å². The van der Waals surface area contributed by atoms with Crippen molar-refractivity contribution in [2.24, 2.45) is 0 Å². The maximum Gasteiger partial charge on any atom is 0.122 e. The molecule has 0 heterocycles. The molecule has 0 bridgehead atoms. The van der Waals surface area contributed by atoms with E-state index in [4.69, 9.17) is 27.9 Å². The van der Waals surface area contributed by atoms with Crippen LogP contribution in [0.5, 0.6) is 5.75 Å². The molecule has 2 aromatic carbocycles. The van der Waals surface area contributed by atoms with Crippen LogP contribution in [0.3, 0.4) is 0 Å². The van der Waals surface area contributed by atoms with E-state index in [-0.39, 0.29) is 0 Å². The van der Waals surface area contributed by atoms with Gasteiger partial charge in [0, 0.05) is 10.0 Å². The lowest BCUT2D eigenvalue weighted by Gasteiger charge is -2.11. The molecule has 0 unspecified atom stereocenters. The molecule has 0 spiro atoms. The number of halogens is 2. The van der Waals surface area contributed by atoms with Gasteiger partial charge in [0.1, 0.15) is 12.4 Å². The molecule has 2 rings (SSSR count). The number of nitrogens with one attached hydrogen (secondary N) is 1. The van der Waals surface area contributed by atoms with Crippen LogP contribution in [0.25, 0.3) is 0 Å². The molecule has 0 amide bonds. The first-order valence-corrected chi connectivity index (χ1v) is 7.25. The van der Waals surface area contributed by atoms with Crippen LogP contribution >= 0.6 is 23.2 Å². The van der Waals surface area contributed by atoms with Crippen LogP contribution in [0.1, 0.15) is 11.1 Å². The standard InChI is InChI=1S/C16H17Cl2NO/c1-19-7-6-12-4-2-3-5-13(12)11-20-16-9-14(17)8-15(18)10-16/h2-5,8-10,19H,6-7,11H2,1H3. The quantitative estimate of drug-likeness (QED) is 0.857. The monoisotopic (exact) mass is 309 g/mol. The van der Waals surface area contributed by atoms with Crippen molar-refractivity contribution in [3.63, 3.8) is 0 Å². The highest BCUT2D eigenvalue weighted by molar-refractivity contribution is 6.34. The molecular formula is C16H17Cl2NO. The maximum atomic E-state index is 5.96. The Morgan fingerprint density at radius 3 is 2.30 bits per heavy atom. The minimum absolute atomic E-state index is 0.510. The van der Waals surface area contributed by atoms with Crippen molar-refractivity contribution in [3.8, 4) is 5.75 Å². The zero-order chi connectivity index (χ0) is 14.4. The summed E-state index contributed by atoms with van der Waals surface area (Å²) in [5.74, 6) is 0.686. The highest BCUT2D eigenvalue weighted by Crippen LogP contribution is 2.25. The van der Waals surface area contributed by atoms with E-state index in [0.29, 0.717) is 22.4 Å². The smallest absolute Gasteiger partial charge is 0.122 e. The lowest BCUT2D eigenvalue weighted by atomic mass is 10.1. The van der Waals surface area contributed by atoms with E-state index in [1.165, 1.54) is 11.1 Å². The fourth-order valence-corrected chi connectivity index (χ4v) is 2.48. The van der Waals surface area contributed by atoms with E-state index in [1.54, 1.807) is 18.2 Å². The SMILES string of the molecule is CNCCc1ccccc1COc1cc(Cl)cc(Cl)c1. The molecule has 1 N–H and O–H groups in total. The number of rotatable bonds is 6. The van der Waals surface area contributed by atoms with E-state index in [9.17, 15) is 0 Å². The Hall–Kier alpha value is -1.22. The van der Waals surface area contributed by atoms with Gasteiger partial charge < -0.3 is 10.1 Å². The number of hydrogen-bond acceptors (Lipinski definition) is 2. The minimum Gasteiger partial charge on any atom is -0.489 e. The average molecular weight is 310 g/mol. The molecule has 106 valence electrons. The van der Waals surface area contributed by atoms with Gasteiger partial charge >= 0.3 is 0 Å². The number of hydrogen-bond donors (Lipinski definition) is 1. The number of benzene rings is 2. The van der Waals surface area contributed by atoms with Crippen LogP contribution in [0.15, 0.2) is 42.5 Å². The van der Waals surface area contributed by atoms with Gasteiger partial charge in [0.2, 0.25) is 0 Å². The predicted octanol–water partition coefficient (Wildman–Crippen LogP) is 4.33. The molecule has 0 aliphatic rings. The Bertz CT molecular complexity index is 552. The summed E-state index contributed by atoms with van der Waals surface area (Å²) in [6.45, 7) is 1.45. The van der Waals surface area contributed by atoms with E-state index in [2.05, 4.69) is 17.4 Å². The largest absolute Gasteiger partial charge is 0.489 e. The molecule has 0 aromatic heterocycles. The molecule has 0 radical (unpaired) electrons. The van der Waals surface area contributed by atoms with Crippen molar-refractivity contribution < 1.29 is 4.74 Å². The molecule has 4 heteroatoms. The third kappa shape index (κ3) is 4.41. The Morgan fingerprint density at radius 2 is 1.65 bits per heavy atom. The van der Waals surface area contributed by atoms with Crippen molar-refractivity contribution in [1.82, 2.24) is 5.32 Å². The van der Waals surface area contributed by atoms with Crippen molar-refractivity contribution in [2.45, 2.75) is 13.0 Å². The summed E-state index contributed by atoms with van der Waals surface area (Å²) >= 11 is 11.9. The number of likely N-dealkylation sites (N-methyl/N-ethyl adjacent to an activating group) is 1. The van der Waals surface area contributed by atoms with Crippen LogP contribution in [0.2, 0.25) is 10.0 Å². The van der Waals surface area contributed by atoms with Crippen LogP contribution in [0.4, 0.5) is 0 Å². The summed E-state index contributed by atoms with van der Waals surface area (Å²) in [4.78, 5) is 0. The second kappa shape index (κ2) is 7.53. The van der Waals surface area contributed by atoms with Crippen molar-refractivity contribution in [1.29, 1.82) is 0 Å². The van der Waals surface area contributed by atoms with Gasteiger partial charge in [-0.3, -0.25) is 0 Å². The average Bonchev–Trinajstić information content (AvgIpc) is 2.43. The zero-order valence-electron chi connectivity index (χ0n) is 11.3. The molecule has 2 aromatic rings. The normalized spacial score (nSPS) is 10.6. The fourth-order valence-electron chi connectivity index (χ4n) is 1.97. The van der Waals surface area contributed by atoms with Crippen LogP contribution in [-0.2, 0) is 13.0 Å². The van der Waals surface area contributed by atoms with Crippen molar-refractivity contribution in [2.75, 3.05) is 13.6 Å².